The first-order valence-electron chi connectivity index (χ1n) is 11.7. The van der Waals surface area contributed by atoms with Gasteiger partial charge in [0.1, 0.15) is 11.2 Å². The van der Waals surface area contributed by atoms with E-state index in [2.05, 4.69) is 60.7 Å². The summed E-state index contributed by atoms with van der Waals surface area (Å²) in [5.74, 6) is 0. The molecule has 0 saturated heterocycles. The lowest BCUT2D eigenvalue weighted by atomic mass is 9.98. The van der Waals surface area contributed by atoms with Crippen molar-refractivity contribution in [1.82, 2.24) is 9.97 Å². The van der Waals surface area contributed by atoms with E-state index in [0.29, 0.717) is 0 Å². The van der Waals surface area contributed by atoms with Crippen molar-refractivity contribution in [2.75, 3.05) is 0 Å². The molecule has 5 aromatic carbocycles. The smallest absolute Gasteiger partial charge is 0.143 e. The van der Waals surface area contributed by atoms with Gasteiger partial charge < -0.3 is 4.42 Å². The molecule has 0 aliphatic heterocycles. The van der Waals surface area contributed by atoms with E-state index >= 15 is 0 Å². The fourth-order valence-corrected chi connectivity index (χ4v) is 4.78. The molecule has 0 N–H and O–H groups in total. The molecule has 35 heavy (non-hydrogen) atoms. The van der Waals surface area contributed by atoms with Crippen molar-refractivity contribution in [1.29, 1.82) is 0 Å². The molecular weight excluding hydrogens is 428 g/mol. The number of fused-ring (bicyclic) bond motifs is 4. The van der Waals surface area contributed by atoms with Gasteiger partial charge in [-0.05, 0) is 23.8 Å². The molecule has 0 radical (unpaired) electrons. The second kappa shape index (κ2) is 7.93. The number of para-hydroxylation sites is 4. The van der Waals surface area contributed by atoms with E-state index in [0.717, 1.165) is 66.6 Å². The second-order valence-corrected chi connectivity index (χ2v) is 8.63. The highest BCUT2D eigenvalue weighted by molar-refractivity contribution is 6.09. The Morgan fingerprint density at radius 2 is 1.00 bits per heavy atom. The molecule has 0 saturated carbocycles. The SMILES string of the molecule is c1ccc(-c2nc3ccccc3nc2-c2ccc(-c3cccc4c3oc3ccccc34)cc2)cc1. The molecule has 0 atom stereocenters. The predicted octanol–water partition coefficient (Wildman–Crippen LogP) is 8.53. The van der Waals surface area contributed by atoms with Crippen molar-refractivity contribution in [2.45, 2.75) is 0 Å². The van der Waals surface area contributed by atoms with Crippen LogP contribution in [0.5, 0.6) is 0 Å². The Hall–Kier alpha value is -4.76. The average Bonchev–Trinajstić information content (AvgIpc) is 3.32. The van der Waals surface area contributed by atoms with Gasteiger partial charge in [0.25, 0.3) is 0 Å². The molecule has 0 bridgehead atoms. The van der Waals surface area contributed by atoms with Gasteiger partial charge in [-0.25, -0.2) is 9.97 Å². The first kappa shape index (κ1) is 19.7. The van der Waals surface area contributed by atoms with Crippen LogP contribution in [0.15, 0.2) is 126 Å². The topological polar surface area (TPSA) is 38.9 Å². The molecule has 0 spiro atoms. The van der Waals surface area contributed by atoms with Crippen molar-refractivity contribution in [3.8, 4) is 33.6 Å². The molecule has 0 aliphatic rings. The Morgan fingerprint density at radius 1 is 0.429 bits per heavy atom. The van der Waals surface area contributed by atoms with E-state index in [1.807, 2.05) is 60.7 Å². The van der Waals surface area contributed by atoms with Crippen LogP contribution in [0.3, 0.4) is 0 Å². The number of benzene rings is 5. The molecule has 0 amide bonds. The van der Waals surface area contributed by atoms with Crippen LogP contribution in [0.1, 0.15) is 0 Å². The zero-order valence-electron chi connectivity index (χ0n) is 18.8. The number of hydrogen-bond acceptors (Lipinski definition) is 3. The van der Waals surface area contributed by atoms with E-state index < -0.39 is 0 Å². The summed E-state index contributed by atoms with van der Waals surface area (Å²) in [6, 6.07) is 41.3. The first-order valence-corrected chi connectivity index (χ1v) is 11.7. The highest BCUT2D eigenvalue weighted by Gasteiger charge is 2.15. The third kappa shape index (κ3) is 3.29. The summed E-state index contributed by atoms with van der Waals surface area (Å²) in [6.07, 6.45) is 0. The van der Waals surface area contributed by atoms with E-state index in [1.165, 1.54) is 0 Å². The zero-order valence-corrected chi connectivity index (χ0v) is 18.8. The number of furan rings is 1. The van der Waals surface area contributed by atoms with Gasteiger partial charge in [-0.2, -0.15) is 0 Å². The van der Waals surface area contributed by atoms with Crippen molar-refractivity contribution >= 4 is 33.0 Å². The summed E-state index contributed by atoms with van der Waals surface area (Å²) >= 11 is 0. The van der Waals surface area contributed by atoms with Gasteiger partial charge in [-0.1, -0.05) is 103 Å². The van der Waals surface area contributed by atoms with Crippen molar-refractivity contribution in [3.05, 3.63) is 121 Å². The normalized spacial score (nSPS) is 11.4. The minimum Gasteiger partial charge on any atom is -0.455 e. The molecule has 7 rings (SSSR count). The van der Waals surface area contributed by atoms with Crippen LogP contribution in [0.4, 0.5) is 0 Å². The summed E-state index contributed by atoms with van der Waals surface area (Å²) < 4.78 is 6.26. The molecule has 0 unspecified atom stereocenters. The maximum absolute atomic E-state index is 6.26. The van der Waals surface area contributed by atoms with Crippen LogP contribution in [0, 0.1) is 0 Å². The van der Waals surface area contributed by atoms with Crippen LogP contribution in [-0.4, -0.2) is 9.97 Å². The molecule has 164 valence electrons. The Balaban J connectivity index is 1.38. The van der Waals surface area contributed by atoms with Crippen molar-refractivity contribution < 1.29 is 4.42 Å². The fourth-order valence-electron chi connectivity index (χ4n) is 4.78. The molecule has 0 fully saturated rings. The lowest BCUT2D eigenvalue weighted by Crippen LogP contribution is -1.95. The van der Waals surface area contributed by atoms with E-state index in [9.17, 15) is 0 Å². The van der Waals surface area contributed by atoms with Gasteiger partial charge in [0.05, 0.1) is 22.4 Å². The van der Waals surface area contributed by atoms with E-state index in [1.54, 1.807) is 0 Å². The van der Waals surface area contributed by atoms with Crippen LogP contribution in [0.25, 0.3) is 66.6 Å². The fraction of sp³-hybridized carbons (Fsp3) is 0. The maximum Gasteiger partial charge on any atom is 0.143 e. The van der Waals surface area contributed by atoms with Gasteiger partial charge in [0.2, 0.25) is 0 Å². The molecule has 0 aliphatic carbocycles. The van der Waals surface area contributed by atoms with E-state index in [4.69, 9.17) is 14.4 Å². The first-order chi connectivity index (χ1) is 17.3. The summed E-state index contributed by atoms with van der Waals surface area (Å²) in [6.45, 7) is 0. The third-order valence-electron chi connectivity index (χ3n) is 6.49. The number of rotatable bonds is 3. The number of nitrogens with zero attached hydrogens (tertiary/aromatic N) is 2. The van der Waals surface area contributed by atoms with Gasteiger partial charge >= 0.3 is 0 Å². The Bertz CT molecular complexity index is 1830. The lowest BCUT2D eigenvalue weighted by molar-refractivity contribution is 0.670. The molecule has 3 nitrogen and oxygen atoms in total. The van der Waals surface area contributed by atoms with Gasteiger partial charge in [-0.15, -0.1) is 0 Å². The third-order valence-corrected chi connectivity index (χ3v) is 6.49. The Morgan fingerprint density at radius 3 is 1.74 bits per heavy atom. The van der Waals surface area contributed by atoms with Crippen LogP contribution < -0.4 is 0 Å². The summed E-state index contributed by atoms with van der Waals surface area (Å²) in [5, 5.41) is 2.27. The molecular formula is C32H20N2O. The highest BCUT2D eigenvalue weighted by atomic mass is 16.3. The number of aromatic nitrogens is 2. The van der Waals surface area contributed by atoms with E-state index in [-0.39, 0.29) is 0 Å². The largest absolute Gasteiger partial charge is 0.455 e. The van der Waals surface area contributed by atoms with Gasteiger partial charge in [-0.3, -0.25) is 0 Å². The average molecular weight is 449 g/mol. The molecule has 3 heteroatoms. The molecule has 7 aromatic rings. The minimum atomic E-state index is 0.878. The molecule has 2 aromatic heterocycles. The molecule has 2 heterocycles. The number of hydrogen-bond donors (Lipinski definition) is 0. The second-order valence-electron chi connectivity index (χ2n) is 8.63. The van der Waals surface area contributed by atoms with Gasteiger partial charge in [0.15, 0.2) is 0 Å². The Kier molecular flexibility index (Phi) is 4.46. The quantitative estimate of drug-likeness (QED) is 0.272. The van der Waals surface area contributed by atoms with Crippen LogP contribution >= 0.6 is 0 Å². The summed E-state index contributed by atoms with van der Waals surface area (Å²) in [7, 11) is 0. The standard InChI is InChI=1S/C32H20N2O/c1-2-9-22(10-3-1)30-31(34-28-15-6-5-14-27(28)33-30)23-19-17-21(18-20-23)24-12-8-13-26-25-11-4-7-16-29(25)35-32(24)26/h1-20H. The summed E-state index contributed by atoms with van der Waals surface area (Å²) in [4.78, 5) is 10.0. The lowest BCUT2D eigenvalue weighted by Gasteiger charge is -2.11. The van der Waals surface area contributed by atoms with Crippen molar-refractivity contribution in [3.63, 3.8) is 0 Å². The van der Waals surface area contributed by atoms with Crippen LogP contribution in [0.2, 0.25) is 0 Å². The maximum atomic E-state index is 6.26. The summed E-state index contributed by atoms with van der Waals surface area (Å²) in [5.41, 5.74) is 9.63. The highest BCUT2D eigenvalue weighted by Crippen LogP contribution is 2.37. The minimum absolute atomic E-state index is 0.878. The van der Waals surface area contributed by atoms with Crippen molar-refractivity contribution in [2.24, 2.45) is 0 Å². The van der Waals surface area contributed by atoms with Crippen LogP contribution in [-0.2, 0) is 0 Å². The van der Waals surface area contributed by atoms with Gasteiger partial charge in [0, 0.05) is 27.5 Å². The monoisotopic (exact) mass is 448 g/mol. The predicted molar refractivity (Wildman–Crippen MR) is 143 cm³/mol. The zero-order chi connectivity index (χ0) is 23.2. The Labute approximate surface area is 202 Å².